The Bertz CT molecular complexity index is 752. The molecule has 2 bridgehead atoms. The Hall–Kier alpha value is -1.59. The van der Waals surface area contributed by atoms with E-state index >= 15 is 0 Å². The van der Waals surface area contributed by atoms with E-state index in [-0.39, 0.29) is 5.91 Å². The lowest BCUT2D eigenvalue weighted by molar-refractivity contribution is 0.0931. The van der Waals surface area contributed by atoms with Gasteiger partial charge in [-0.25, -0.2) is 0 Å². The van der Waals surface area contributed by atoms with Gasteiger partial charge in [-0.3, -0.25) is 4.79 Å². The summed E-state index contributed by atoms with van der Waals surface area (Å²) in [5.74, 6) is 0.0619. The summed E-state index contributed by atoms with van der Waals surface area (Å²) in [6.07, 6.45) is 3.52. The number of carbonyl (C=O) groups is 1. The molecule has 3 heterocycles. The third kappa shape index (κ3) is 2.80. The minimum atomic E-state index is 0.0619. The number of nitrogens with zero attached hydrogens (tertiary/aromatic N) is 1. The molecule has 128 valence electrons. The number of fused-ring (bicyclic) bond motifs is 3. The molecule has 1 aromatic heterocycles. The molecule has 5 heteroatoms. The van der Waals surface area contributed by atoms with Gasteiger partial charge in [0.25, 0.3) is 5.91 Å². The predicted molar refractivity (Wildman–Crippen MR) is 101 cm³/mol. The zero-order valence-corrected chi connectivity index (χ0v) is 15.2. The Morgan fingerprint density at radius 3 is 2.79 bits per heavy atom. The normalized spacial score (nSPS) is 25.3. The van der Waals surface area contributed by atoms with Crippen LogP contribution in [0.4, 0.5) is 5.00 Å². The van der Waals surface area contributed by atoms with E-state index in [1.54, 1.807) is 11.3 Å². The summed E-state index contributed by atoms with van der Waals surface area (Å²) in [7, 11) is 0. The van der Waals surface area contributed by atoms with Crippen molar-refractivity contribution in [3.05, 3.63) is 29.8 Å². The fourth-order valence-electron chi connectivity index (χ4n) is 4.10. The van der Waals surface area contributed by atoms with Gasteiger partial charge in [-0.2, -0.15) is 0 Å². The first-order valence-corrected chi connectivity index (χ1v) is 9.85. The summed E-state index contributed by atoms with van der Waals surface area (Å²) < 4.78 is 1.25. The lowest BCUT2D eigenvalue weighted by Crippen LogP contribution is -2.42. The number of carbonyl (C=O) groups excluding carboxylic acids is 1. The molecule has 3 atom stereocenters. The van der Waals surface area contributed by atoms with Crippen molar-refractivity contribution >= 4 is 32.3 Å². The van der Waals surface area contributed by atoms with Crippen LogP contribution in [0.2, 0.25) is 0 Å². The van der Waals surface area contributed by atoms with E-state index in [1.807, 2.05) is 12.1 Å². The SMILES string of the molecule is CCN(CC)c1cc2cc(C(=O)N[C@@H]3C[C@H]4CC[C@@H]3N4)ccc2s1. The van der Waals surface area contributed by atoms with Gasteiger partial charge in [0.1, 0.15) is 0 Å². The highest BCUT2D eigenvalue weighted by Gasteiger charge is 2.39. The lowest BCUT2D eigenvalue weighted by atomic mass is 9.95. The van der Waals surface area contributed by atoms with Crippen molar-refractivity contribution in [1.82, 2.24) is 10.6 Å². The quantitative estimate of drug-likeness (QED) is 0.875. The van der Waals surface area contributed by atoms with Crippen LogP contribution < -0.4 is 15.5 Å². The minimum Gasteiger partial charge on any atom is -0.364 e. The molecule has 0 spiro atoms. The van der Waals surface area contributed by atoms with Gasteiger partial charge >= 0.3 is 0 Å². The van der Waals surface area contributed by atoms with Crippen LogP contribution in [0.25, 0.3) is 10.1 Å². The number of benzene rings is 1. The summed E-state index contributed by atoms with van der Waals surface area (Å²) in [4.78, 5) is 15.0. The molecule has 1 aromatic carbocycles. The van der Waals surface area contributed by atoms with Gasteiger partial charge < -0.3 is 15.5 Å². The lowest BCUT2D eigenvalue weighted by Gasteiger charge is -2.21. The van der Waals surface area contributed by atoms with Gasteiger partial charge in [-0.05, 0) is 62.8 Å². The van der Waals surface area contributed by atoms with Gasteiger partial charge in [0.05, 0.1) is 5.00 Å². The van der Waals surface area contributed by atoms with E-state index in [9.17, 15) is 4.79 Å². The molecule has 0 radical (unpaired) electrons. The van der Waals surface area contributed by atoms with Crippen LogP contribution in [0.5, 0.6) is 0 Å². The average Bonchev–Trinajstić information content (AvgIpc) is 3.30. The largest absolute Gasteiger partial charge is 0.364 e. The van der Waals surface area contributed by atoms with Crippen LogP contribution in [0.15, 0.2) is 24.3 Å². The zero-order valence-electron chi connectivity index (χ0n) is 14.3. The molecule has 2 N–H and O–H groups in total. The van der Waals surface area contributed by atoms with E-state index in [1.165, 1.54) is 27.9 Å². The number of amides is 1. The van der Waals surface area contributed by atoms with Crippen LogP contribution >= 0.6 is 11.3 Å². The molecule has 0 saturated carbocycles. The molecule has 2 fully saturated rings. The second-order valence-corrected chi connectivity index (χ2v) is 7.93. The third-order valence-corrected chi connectivity index (χ3v) is 6.63. The number of anilines is 1. The molecule has 0 unspecified atom stereocenters. The van der Waals surface area contributed by atoms with Gasteiger partial charge in [0.2, 0.25) is 0 Å². The maximum Gasteiger partial charge on any atom is 0.251 e. The monoisotopic (exact) mass is 343 g/mol. The molecular weight excluding hydrogens is 318 g/mol. The molecule has 2 aliphatic rings. The van der Waals surface area contributed by atoms with Crippen molar-refractivity contribution < 1.29 is 4.79 Å². The van der Waals surface area contributed by atoms with Crippen molar-refractivity contribution in [3.63, 3.8) is 0 Å². The highest BCUT2D eigenvalue weighted by molar-refractivity contribution is 7.22. The van der Waals surface area contributed by atoms with Crippen LogP contribution in [0.3, 0.4) is 0 Å². The standard InChI is InChI=1S/C19H25N3OS/c1-3-22(4-2)18-10-13-9-12(5-8-17(13)24-18)19(23)21-16-11-14-6-7-15(16)20-14/h5,8-10,14-16,20H,3-4,6-7,11H2,1-2H3,(H,21,23)/t14-,15+,16-/m1/s1. The first-order valence-electron chi connectivity index (χ1n) is 9.03. The topological polar surface area (TPSA) is 44.4 Å². The molecule has 1 amide bonds. The molecule has 2 aliphatic heterocycles. The van der Waals surface area contributed by atoms with E-state index in [0.717, 1.165) is 25.1 Å². The van der Waals surface area contributed by atoms with Crippen molar-refractivity contribution in [2.75, 3.05) is 18.0 Å². The van der Waals surface area contributed by atoms with Crippen LogP contribution in [-0.2, 0) is 0 Å². The fourth-order valence-corrected chi connectivity index (χ4v) is 5.27. The van der Waals surface area contributed by atoms with E-state index in [2.05, 4.69) is 41.5 Å². The van der Waals surface area contributed by atoms with Gasteiger partial charge in [-0.1, -0.05) is 0 Å². The number of thiophene rings is 1. The summed E-state index contributed by atoms with van der Waals surface area (Å²) in [6, 6.07) is 9.66. The van der Waals surface area contributed by atoms with Crippen molar-refractivity contribution in [2.24, 2.45) is 0 Å². The molecular formula is C19H25N3OS. The Kier molecular flexibility index (Phi) is 4.22. The molecule has 2 saturated heterocycles. The first kappa shape index (κ1) is 15.9. The molecule has 24 heavy (non-hydrogen) atoms. The highest BCUT2D eigenvalue weighted by atomic mass is 32.1. The fraction of sp³-hybridized carbons (Fsp3) is 0.526. The van der Waals surface area contributed by atoms with Crippen LogP contribution in [0.1, 0.15) is 43.5 Å². The van der Waals surface area contributed by atoms with Gasteiger partial charge in [0, 0.05) is 41.5 Å². The van der Waals surface area contributed by atoms with Crippen molar-refractivity contribution in [2.45, 2.75) is 51.2 Å². The minimum absolute atomic E-state index is 0.0619. The molecule has 4 rings (SSSR count). The Labute approximate surface area is 147 Å². The van der Waals surface area contributed by atoms with Crippen molar-refractivity contribution in [1.29, 1.82) is 0 Å². The second kappa shape index (κ2) is 6.37. The second-order valence-electron chi connectivity index (χ2n) is 6.87. The number of hydrogen-bond acceptors (Lipinski definition) is 4. The van der Waals surface area contributed by atoms with Gasteiger partial charge in [0.15, 0.2) is 0 Å². The Balaban J connectivity index is 1.52. The summed E-state index contributed by atoms with van der Waals surface area (Å²) in [5.41, 5.74) is 0.772. The zero-order chi connectivity index (χ0) is 16.7. The Morgan fingerprint density at radius 2 is 2.12 bits per heavy atom. The third-order valence-electron chi connectivity index (χ3n) is 5.46. The van der Waals surface area contributed by atoms with Gasteiger partial charge in [-0.15, -0.1) is 11.3 Å². The highest BCUT2D eigenvalue weighted by Crippen LogP contribution is 2.33. The van der Waals surface area contributed by atoms with Crippen LogP contribution in [-0.4, -0.2) is 37.1 Å². The summed E-state index contributed by atoms with van der Waals surface area (Å²) in [6.45, 7) is 6.37. The predicted octanol–water partition coefficient (Wildman–Crippen LogP) is 3.37. The smallest absolute Gasteiger partial charge is 0.251 e. The molecule has 0 aliphatic carbocycles. The number of hydrogen-bond donors (Lipinski definition) is 2. The van der Waals surface area contributed by atoms with E-state index < -0.39 is 0 Å². The number of rotatable bonds is 5. The van der Waals surface area contributed by atoms with Crippen LogP contribution in [0, 0.1) is 0 Å². The molecule has 4 nitrogen and oxygen atoms in total. The first-order chi connectivity index (χ1) is 11.7. The van der Waals surface area contributed by atoms with E-state index in [4.69, 9.17) is 0 Å². The van der Waals surface area contributed by atoms with Crippen molar-refractivity contribution in [3.8, 4) is 0 Å². The number of nitrogens with one attached hydrogen (secondary N) is 2. The maximum absolute atomic E-state index is 12.6. The summed E-state index contributed by atoms with van der Waals surface area (Å²) in [5, 5.41) is 9.26. The Morgan fingerprint density at radius 1 is 1.29 bits per heavy atom. The summed E-state index contributed by atoms with van der Waals surface area (Å²) >= 11 is 1.80. The average molecular weight is 343 g/mol. The maximum atomic E-state index is 12.6. The molecule has 2 aromatic rings. The van der Waals surface area contributed by atoms with E-state index in [0.29, 0.717) is 18.1 Å².